The van der Waals surface area contributed by atoms with Gasteiger partial charge in [-0.2, -0.15) is 0 Å². The van der Waals surface area contributed by atoms with Gasteiger partial charge in [0.1, 0.15) is 5.75 Å². The van der Waals surface area contributed by atoms with Crippen molar-refractivity contribution in [1.29, 1.82) is 0 Å². The number of para-hydroxylation sites is 1. The average Bonchev–Trinajstić information content (AvgIpc) is 2.34. The van der Waals surface area contributed by atoms with Gasteiger partial charge in [-0.3, -0.25) is 0 Å². The average molecular weight is 273 g/mol. The second kappa shape index (κ2) is 6.02. The lowest BCUT2D eigenvalue weighted by atomic mass is 10.2. The van der Waals surface area contributed by atoms with Gasteiger partial charge in [0, 0.05) is 9.79 Å². The Morgan fingerprint density at radius 1 is 1.11 bits per heavy atom. The van der Waals surface area contributed by atoms with Gasteiger partial charge in [-0.05, 0) is 45.0 Å². The molecule has 0 atom stereocenters. The van der Waals surface area contributed by atoms with E-state index in [-0.39, 0.29) is 6.10 Å². The van der Waals surface area contributed by atoms with Crippen molar-refractivity contribution in [3.63, 3.8) is 0 Å². The summed E-state index contributed by atoms with van der Waals surface area (Å²) >= 11 is 1.66. The molecule has 0 saturated heterocycles. The minimum atomic E-state index is 0.126. The number of rotatable bonds is 4. The highest BCUT2D eigenvalue weighted by Gasteiger charge is 2.08. The quantitative estimate of drug-likeness (QED) is 0.832. The zero-order valence-electron chi connectivity index (χ0n) is 11.5. The summed E-state index contributed by atoms with van der Waals surface area (Å²) in [7, 11) is 0. The molecule has 2 rings (SSSR count). The highest BCUT2D eigenvalue weighted by atomic mass is 32.2. The van der Waals surface area contributed by atoms with Crippen molar-refractivity contribution in [3.8, 4) is 5.75 Å². The zero-order chi connectivity index (χ0) is 13.8. The normalized spacial score (nSPS) is 10.7. The fourth-order valence-electron chi connectivity index (χ4n) is 1.78. The first kappa shape index (κ1) is 13.8. The van der Waals surface area contributed by atoms with Crippen LogP contribution in [-0.2, 0) is 0 Å². The molecule has 0 saturated carbocycles. The summed E-state index contributed by atoms with van der Waals surface area (Å²) in [6, 6.07) is 14.3. The van der Waals surface area contributed by atoms with Crippen LogP contribution in [0.4, 0.5) is 5.69 Å². The molecule has 0 unspecified atom stereocenters. The van der Waals surface area contributed by atoms with Crippen molar-refractivity contribution in [1.82, 2.24) is 0 Å². The lowest BCUT2D eigenvalue weighted by molar-refractivity contribution is 0.243. The van der Waals surface area contributed by atoms with Crippen LogP contribution < -0.4 is 10.5 Å². The van der Waals surface area contributed by atoms with Crippen LogP contribution in [0.25, 0.3) is 0 Å². The number of ether oxygens (including phenoxy) is 1. The van der Waals surface area contributed by atoms with Gasteiger partial charge in [0.25, 0.3) is 0 Å². The van der Waals surface area contributed by atoms with Crippen LogP contribution in [0.3, 0.4) is 0 Å². The highest BCUT2D eigenvalue weighted by molar-refractivity contribution is 7.99. The molecule has 0 spiro atoms. The molecule has 2 aromatic rings. The summed E-state index contributed by atoms with van der Waals surface area (Å²) in [5.74, 6) is 0.757. The van der Waals surface area contributed by atoms with Gasteiger partial charge in [0.15, 0.2) is 0 Å². The maximum absolute atomic E-state index is 6.17. The van der Waals surface area contributed by atoms with E-state index in [1.807, 2.05) is 32.0 Å². The molecule has 0 aliphatic carbocycles. The Balaban J connectivity index is 2.25. The van der Waals surface area contributed by atoms with E-state index >= 15 is 0 Å². The largest absolute Gasteiger partial charge is 0.489 e. The number of aryl methyl sites for hydroxylation is 1. The van der Waals surface area contributed by atoms with E-state index in [1.165, 1.54) is 10.5 Å². The summed E-state index contributed by atoms with van der Waals surface area (Å²) in [6.07, 6.45) is 0.126. The molecule has 0 fully saturated rings. The molecule has 19 heavy (non-hydrogen) atoms. The number of nitrogen functional groups attached to an aromatic ring is 1. The van der Waals surface area contributed by atoms with Crippen LogP contribution in [0, 0.1) is 6.92 Å². The predicted molar refractivity (Wildman–Crippen MR) is 81.9 cm³/mol. The third-order valence-corrected chi connectivity index (χ3v) is 3.67. The van der Waals surface area contributed by atoms with E-state index in [4.69, 9.17) is 10.5 Å². The van der Waals surface area contributed by atoms with Gasteiger partial charge in [-0.25, -0.2) is 0 Å². The van der Waals surface area contributed by atoms with Crippen molar-refractivity contribution in [2.24, 2.45) is 0 Å². The second-order valence-corrected chi connectivity index (χ2v) is 5.87. The summed E-state index contributed by atoms with van der Waals surface area (Å²) in [4.78, 5) is 2.22. The minimum absolute atomic E-state index is 0.126. The molecule has 0 bridgehead atoms. The Kier molecular flexibility index (Phi) is 4.38. The van der Waals surface area contributed by atoms with E-state index in [2.05, 4.69) is 31.2 Å². The molecule has 2 nitrogen and oxygen atoms in total. The van der Waals surface area contributed by atoms with Crippen LogP contribution in [-0.4, -0.2) is 6.10 Å². The molecule has 2 aromatic carbocycles. The summed E-state index contributed by atoms with van der Waals surface area (Å²) in [5.41, 5.74) is 8.13. The van der Waals surface area contributed by atoms with Crippen molar-refractivity contribution in [3.05, 3.63) is 48.0 Å². The maximum atomic E-state index is 6.17. The lowest BCUT2D eigenvalue weighted by Crippen LogP contribution is -2.07. The first-order valence-electron chi connectivity index (χ1n) is 6.36. The third kappa shape index (κ3) is 3.67. The number of nitrogens with two attached hydrogens (primary N) is 1. The van der Waals surface area contributed by atoms with E-state index in [0.717, 1.165) is 10.6 Å². The molecular formula is C16H19NOS. The fraction of sp³-hybridized carbons (Fsp3) is 0.250. The highest BCUT2D eigenvalue weighted by Crippen LogP contribution is 2.37. The minimum Gasteiger partial charge on any atom is -0.489 e. The number of anilines is 1. The lowest BCUT2D eigenvalue weighted by Gasteiger charge is -2.14. The van der Waals surface area contributed by atoms with Crippen LogP contribution >= 0.6 is 11.8 Å². The van der Waals surface area contributed by atoms with E-state index in [1.54, 1.807) is 11.8 Å². The Morgan fingerprint density at radius 3 is 2.53 bits per heavy atom. The number of hydrogen-bond donors (Lipinski definition) is 1. The Labute approximate surface area is 119 Å². The van der Waals surface area contributed by atoms with Crippen LogP contribution in [0.1, 0.15) is 19.4 Å². The first-order valence-corrected chi connectivity index (χ1v) is 7.17. The fourth-order valence-corrected chi connectivity index (χ4v) is 2.78. The monoisotopic (exact) mass is 273 g/mol. The Hall–Kier alpha value is -1.61. The second-order valence-electron chi connectivity index (χ2n) is 4.75. The van der Waals surface area contributed by atoms with Crippen LogP contribution in [0.5, 0.6) is 5.75 Å². The SMILES string of the molecule is Cc1cccc(Sc2cccc(OC(C)C)c2N)c1. The summed E-state index contributed by atoms with van der Waals surface area (Å²) in [5, 5.41) is 0. The topological polar surface area (TPSA) is 35.2 Å². The molecule has 100 valence electrons. The molecule has 0 aromatic heterocycles. The first-order chi connectivity index (χ1) is 9.06. The molecule has 3 heteroatoms. The van der Waals surface area contributed by atoms with E-state index in [0.29, 0.717) is 5.69 Å². The maximum Gasteiger partial charge on any atom is 0.143 e. The van der Waals surface area contributed by atoms with Gasteiger partial charge in [-0.1, -0.05) is 35.5 Å². The van der Waals surface area contributed by atoms with Gasteiger partial charge in [0.05, 0.1) is 11.8 Å². The van der Waals surface area contributed by atoms with Crippen molar-refractivity contribution >= 4 is 17.4 Å². The van der Waals surface area contributed by atoms with Gasteiger partial charge >= 0.3 is 0 Å². The molecule has 0 heterocycles. The standard InChI is InChI=1S/C16H19NOS/c1-11(2)18-14-8-5-9-15(16(14)17)19-13-7-4-6-12(3)10-13/h4-11H,17H2,1-3H3. The van der Waals surface area contributed by atoms with E-state index < -0.39 is 0 Å². The molecular weight excluding hydrogens is 254 g/mol. The Morgan fingerprint density at radius 2 is 1.84 bits per heavy atom. The molecule has 0 aliphatic rings. The zero-order valence-corrected chi connectivity index (χ0v) is 12.3. The Bertz CT molecular complexity index is 566. The molecule has 0 radical (unpaired) electrons. The van der Waals surface area contributed by atoms with Crippen molar-refractivity contribution in [2.75, 3.05) is 5.73 Å². The smallest absolute Gasteiger partial charge is 0.143 e. The van der Waals surface area contributed by atoms with Crippen LogP contribution in [0.2, 0.25) is 0 Å². The molecule has 0 amide bonds. The third-order valence-electron chi connectivity index (χ3n) is 2.61. The number of benzene rings is 2. The van der Waals surface area contributed by atoms with Crippen LogP contribution in [0.15, 0.2) is 52.3 Å². The van der Waals surface area contributed by atoms with Gasteiger partial charge in [-0.15, -0.1) is 0 Å². The molecule has 2 N–H and O–H groups in total. The van der Waals surface area contributed by atoms with E-state index in [9.17, 15) is 0 Å². The molecule has 0 aliphatic heterocycles. The predicted octanol–water partition coefficient (Wildman–Crippen LogP) is 4.52. The summed E-state index contributed by atoms with van der Waals surface area (Å²) < 4.78 is 5.71. The summed E-state index contributed by atoms with van der Waals surface area (Å²) in [6.45, 7) is 6.09. The van der Waals surface area contributed by atoms with Crippen molar-refractivity contribution in [2.45, 2.75) is 36.7 Å². The van der Waals surface area contributed by atoms with Gasteiger partial charge < -0.3 is 10.5 Å². The number of hydrogen-bond acceptors (Lipinski definition) is 3. The van der Waals surface area contributed by atoms with Gasteiger partial charge in [0.2, 0.25) is 0 Å². The van der Waals surface area contributed by atoms with Crippen molar-refractivity contribution < 1.29 is 4.74 Å².